The lowest BCUT2D eigenvalue weighted by Crippen LogP contribution is -2.16. The van der Waals surface area contributed by atoms with Crippen molar-refractivity contribution < 1.29 is 9.90 Å². The number of ketones is 1. The Balaban J connectivity index is 3.25. The molecule has 2 nitrogen and oxygen atoms in total. The van der Waals surface area contributed by atoms with Crippen molar-refractivity contribution in [2.24, 2.45) is 5.92 Å². The molecule has 0 saturated carbocycles. The highest BCUT2D eigenvalue weighted by Crippen LogP contribution is 2.15. The van der Waals surface area contributed by atoms with E-state index in [4.69, 9.17) is 5.11 Å². The van der Waals surface area contributed by atoms with Crippen LogP contribution in [0.3, 0.4) is 0 Å². The number of hydrogen-bond donors (Lipinski definition) is 1. The summed E-state index contributed by atoms with van der Waals surface area (Å²) in [5, 5.41) is 9.14. The number of allylic oxidation sites excluding steroid dienone is 1. The van der Waals surface area contributed by atoms with Crippen LogP contribution in [0.2, 0.25) is 0 Å². The standard InChI is InChI=1S/C19H36O2/c1-3-5-6-7-8-9-10-11-12-13-14-15-16-18(17-20)19(21)4-2/h4,18,20H,2-3,5-17H2,1H3. The van der Waals surface area contributed by atoms with Crippen molar-refractivity contribution >= 4 is 5.78 Å². The van der Waals surface area contributed by atoms with E-state index in [1.807, 2.05) is 0 Å². The molecule has 0 aromatic rings. The second kappa shape index (κ2) is 15.8. The van der Waals surface area contributed by atoms with Crippen LogP contribution in [0.25, 0.3) is 0 Å². The lowest BCUT2D eigenvalue weighted by Gasteiger charge is -2.10. The highest BCUT2D eigenvalue weighted by Gasteiger charge is 2.13. The Morgan fingerprint density at radius 2 is 1.33 bits per heavy atom. The smallest absolute Gasteiger partial charge is 0.160 e. The quantitative estimate of drug-likeness (QED) is 0.304. The van der Waals surface area contributed by atoms with Gasteiger partial charge in [-0.1, -0.05) is 90.6 Å². The Kier molecular flexibility index (Phi) is 15.3. The normalized spacial score (nSPS) is 12.3. The van der Waals surface area contributed by atoms with Gasteiger partial charge in [-0.15, -0.1) is 0 Å². The third-order valence-corrected chi connectivity index (χ3v) is 4.23. The van der Waals surface area contributed by atoms with Crippen LogP contribution in [0, 0.1) is 5.92 Å². The second-order valence-corrected chi connectivity index (χ2v) is 6.16. The molecule has 0 radical (unpaired) electrons. The molecule has 1 N–H and O–H groups in total. The molecule has 0 amide bonds. The number of aliphatic hydroxyl groups excluding tert-OH is 1. The van der Waals surface area contributed by atoms with Gasteiger partial charge in [-0.25, -0.2) is 0 Å². The van der Waals surface area contributed by atoms with E-state index in [-0.39, 0.29) is 18.3 Å². The summed E-state index contributed by atoms with van der Waals surface area (Å²) in [4.78, 5) is 11.4. The van der Waals surface area contributed by atoms with E-state index in [2.05, 4.69) is 13.5 Å². The fraction of sp³-hybridized carbons (Fsp3) is 0.842. The van der Waals surface area contributed by atoms with Crippen LogP contribution in [0.15, 0.2) is 12.7 Å². The van der Waals surface area contributed by atoms with Crippen LogP contribution >= 0.6 is 0 Å². The topological polar surface area (TPSA) is 37.3 Å². The van der Waals surface area contributed by atoms with Crippen LogP contribution in [0.4, 0.5) is 0 Å². The van der Waals surface area contributed by atoms with E-state index in [0.717, 1.165) is 12.8 Å². The number of hydrogen-bond acceptors (Lipinski definition) is 2. The summed E-state index contributed by atoms with van der Waals surface area (Å²) in [6.07, 6.45) is 18.0. The summed E-state index contributed by atoms with van der Waals surface area (Å²) in [6, 6.07) is 0. The van der Waals surface area contributed by atoms with Gasteiger partial charge in [0.15, 0.2) is 5.78 Å². The van der Waals surface area contributed by atoms with Crippen molar-refractivity contribution in [3.8, 4) is 0 Å². The maximum absolute atomic E-state index is 11.4. The minimum atomic E-state index is -0.217. The predicted octanol–water partition coefficient (Wildman–Crippen LogP) is 5.44. The van der Waals surface area contributed by atoms with Gasteiger partial charge in [-0.2, -0.15) is 0 Å². The number of rotatable bonds is 16. The molecule has 2 heteroatoms. The van der Waals surface area contributed by atoms with Gasteiger partial charge < -0.3 is 5.11 Å². The first-order valence-electron chi connectivity index (χ1n) is 9.03. The Hall–Kier alpha value is -0.630. The van der Waals surface area contributed by atoms with E-state index in [9.17, 15) is 4.79 Å². The zero-order chi connectivity index (χ0) is 15.8. The molecule has 0 aliphatic heterocycles. The van der Waals surface area contributed by atoms with Gasteiger partial charge in [-0.3, -0.25) is 4.79 Å². The van der Waals surface area contributed by atoms with Gasteiger partial charge in [0.1, 0.15) is 0 Å². The number of carbonyl (C=O) groups is 1. The summed E-state index contributed by atoms with van der Waals surface area (Å²) in [5.41, 5.74) is 0. The molecule has 0 rings (SSSR count). The van der Waals surface area contributed by atoms with Crippen molar-refractivity contribution in [3.63, 3.8) is 0 Å². The van der Waals surface area contributed by atoms with Crippen LogP contribution in [0.5, 0.6) is 0 Å². The van der Waals surface area contributed by atoms with Gasteiger partial charge >= 0.3 is 0 Å². The molecule has 0 spiro atoms. The highest BCUT2D eigenvalue weighted by molar-refractivity contribution is 5.91. The molecular weight excluding hydrogens is 260 g/mol. The first-order chi connectivity index (χ1) is 10.3. The van der Waals surface area contributed by atoms with Gasteiger partial charge in [-0.05, 0) is 12.5 Å². The molecule has 0 heterocycles. The molecule has 0 aliphatic carbocycles. The largest absolute Gasteiger partial charge is 0.396 e. The maximum Gasteiger partial charge on any atom is 0.160 e. The Morgan fingerprint density at radius 1 is 0.905 bits per heavy atom. The molecule has 21 heavy (non-hydrogen) atoms. The number of carbonyl (C=O) groups excluding carboxylic acids is 1. The number of aliphatic hydroxyl groups is 1. The third kappa shape index (κ3) is 12.8. The molecular formula is C19H36O2. The predicted molar refractivity (Wildman–Crippen MR) is 91.5 cm³/mol. The first kappa shape index (κ1) is 20.4. The van der Waals surface area contributed by atoms with E-state index >= 15 is 0 Å². The van der Waals surface area contributed by atoms with E-state index in [0.29, 0.717) is 0 Å². The molecule has 0 bridgehead atoms. The van der Waals surface area contributed by atoms with E-state index in [1.54, 1.807) is 0 Å². The number of unbranched alkanes of at least 4 members (excludes halogenated alkanes) is 11. The third-order valence-electron chi connectivity index (χ3n) is 4.23. The highest BCUT2D eigenvalue weighted by atomic mass is 16.3. The lowest BCUT2D eigenvalue weighted by molar-refractivity contribution is -0.119. The van der Waals surface area contributed by atoms with Crippen molar-refractivity contribution in [1.82, 2.24) is 0 Å². The maximum atomic E-state index is 11.4. The summed E-state index contributed by atoms with van der Waals surface area (Å²) in [7, 11) is 0. The summed E-state index contributed by atoms with van der Waals surface area (Å²) in [6.45, 7) is 5.70. The Labute approximate surface area is 132 Å². The molecule has 124 valence electrons. The van der Waals surface area contributed by atoms with Gasteiger partial charge in [0.2, 0.25) is 0 Å². The van der Waals surface area contributed by atoms with Crippen molar-refractivity contribution in [2.75, 3.05) is 6.61 Å². The summed E-state index contributed by atoms with van der Waals surface area (Å²) >= 11 is 0. The molecule has 0 saturated heterocycles. The minimum absolute atomic E-state index is 0.0134. The second-order valence-electron chi connectivity index (χ2n) is 6.16. The van der Waals surface area contributed by atoms with Crippen molar-refractivity contribution in [1.29, 1.82) is 0 Å². The molecule has 1 unspecified atom stereocenters. The zero-order valence-corrected chi connectivity index (χ0v) is 14.1. The fourth-order valence-electron chi connectivity index (χ4n) is 2.72. The lowest BCUT2D eigenvalue weighted by atomic mass is 9.97. The summed E-state index contributed by atoms with van der Waals surface area (Å²) in [5.74, 6) is -0.230. The van der Waals surface area contributed by atoms with Crippen LogP contribution in [-0.4, -0.2) is 17.5 Å². The molecule has 0 aliphatic rings. The van der Waals surface area contributed by atoms with Gasteiger partial charge in [0.25, 0.3) is 0 Å². The first-order valence-corrected chi connectivity index (χ1v) is 9.03. The Morgan fingerprint density at radius 3 is 1.71 bits per heavy atom. The van der Waals surface area contributed by atoms with Crippen LogP contribution in [-0.2, 0) is 4.79 Å². The molecule has 1 atom stereocenters. The van der Waals surface area contributed by atoms with Gasteiger partial charge in [0.05, 0.1) is 6.61 Å². The van der Waals surface area contributed by atoms with Crippen LogP contribution in [0.1, 0.15) is 90.4 Å². The van der Waals surface area contributed by atoms with Gasteiger partial charge in [0, 0.05) is 5.92 Å². The average molecular weight is 296 g/mol. The van der Waals surface area contributed by atoms with E-state index in [1.165, 1.54) is 76.7 Å². The molecule has 0 aromatic heterocycles. The SMILES string of the molecule is C=CC(=O)C(CO)CCCCCCCCCCCCCC. The fourth-order valence-corrected chi connectivity index (χ4v) is 2.72. The minimum Gasteiger partial charge on any atom is -0.396 e. The van der Waals surface area contributed by atoms with Crippen molar-refractivity contribution in [2.45, 2.75) is 90.4 Å². The Bertz CT molecular complexity index is 248. The monoisotopic (exact) mass is 296 g/mol. The molecule has 0 fully saturated rings. The van der Waals surface area contributed by atoms with Crippen LogP contribution < -0.4 is 0 Å². The van der Waals surface area contributed by atoms with E-state index < -0.39 is 0 Å². The molecule has 0 aromatic carbocycles. The summed E-state index contributed by atoms with van der Waals surface area (Å²) < 4.78 is 0. The average Bonchev–Trinajstić information content (AvgIpc) is 2.51. The van der Waals surface area contributed by atoms with Crippen molar-refractivity contribution in [3.05, 3.63) is 12.7 Å². The zero-order valence-electron chi connectivity index (χ0n) is 14.1.